The van der Waals surface area contributed by atoms with Gasteiger partial charge in [0, 0.05) is 0 Å². The van der Waals surface area contributed by atoms with Gasteiger partial charge in [-0.1, -0.05) is 6.07 Å². The zero-order valence-electron chi connectivity index (χ0n) is 11.1. The second kappa shape index (κ2) is 4.75. The Morgan fingerprint density at radius 2 is 2.38 bits per heavy atom. The average Bonchev–Trinajstić information content (AvgIpc) is 3.07. The summed E-state index contributed by atoms with van der Waals surface area (Å²) in [4.78, 5) is 19.1. The van der Waals surface area contributed by atoms with E-state index in [-0.39, 0.29) is 12.0 Å². The van der Waals surface area contributed by atoms with Crippen LogP contribution in [0, 0.1) is 0 Å². The van der Waals surface area contributed by atoms with E-state index in [0.717, 1.165) is 23.6 Å². The van der Waals surface area contributed by atoms with Gasteiger partial charge in [-0.3, -0.25) is 4.79 Å². The third-order valence-electron chi connectivity index (χ3n) is 3.43. The predicted molar refractivity (Wildman–Crippen MR) is 76.8 cm³/mol. The molecule has 1 atom stereocenters. The molecule has 1 unspecified atom stereocenters. The summed E-state index contributed by atoms with van der Waals surface area (Å²) >= 11 is 0. The first kappa shape index (κ1) is 12.2. The van der Waals surface area contributed by atoms with Crippen molar-refractivity contribution in [3.05, 3.63) is 42.0 Å². The number of H-pyrrole nitrogens is 1. The molecule has 1 saturated heterocycles. The number of aromatic amines is 1. The summed E-state index contributed by atoms with van der Waals surface area (Å²) in [6, 6.07) is 5.59. The van der Waals surface area contributed by atoms with Gasteiger partial charge in [0.1, 0.15) is 18.5 Å². The zero-order valence-corrected chi connectivity index (χ0v) is 11.1. The van der Waals surface area contributed by atoms with Gasteiger partial charge in [-0.05, 0) is 18.2 Å². The smallest absolute Gasteiger partial charge is 0.256 e. The van der Waals surface area contributed by atoms with Crippen LogP contribution in [0.1, 0.15) is 11.3 Å². The van der Waals surface area contributed by atoms with Gasteiger partial charge < -0.3 is 19.8 Å². The molecule has 4 rings (SSSR count). The maximum absolute atomic E-state index is 12.2. The maximum Gasteiger partial charge on any atom is 0.256 e. The molecule has 0 spiro atoms. The molecule has 0 bridgehead atoms. The minimum absolute atomic E-state index is 0.140. The van der Waals surface area contributed by atoms with E-state index >= 15 is 0 Å². The number of ether oxygens (including phenoxy) is 2. The van der Waals surface area contributed by atoms with Crippen molar-refractivity contribution in [3.63, 3.8) is 0 Å². The maximum atomic E-state index is 12.2. The Morgan fingerprint density at radius 3 is 3.14 bits per heavy atom. The number of nitrogens with zero attached hydrogens (tertiary/aromatic N) is 1. The molecule has 106 valence electrons. The van der Waals surface area contributed by atoms with E-state index in [2.05, 4.69) is 15.3 Å². The van der Waals surface area contributed by atoms with E-state index in [0.29, 0.717) is 17.9 Å². The lowest BCUT2D eigenvalue weighted by Crippen LogP contribution is -2.05. The largest absolute Gasteiger partial charge is 0.490 e. The fraction of sp³-hybridized carbons (Fsp3) is 0.200. The quantitative estimate of drug-likeness (QED) is 0.661. The number of benzene rings is 1. The van der Waals surface area contributed by atoms with Crippen LogP contribution in [0.25, 0.3) is 11.6 Å². The Morgan fingerprint density at radius 1 is 1.48 bits per heavy atom. The third kappa shape index (κ3) is 2.30. The summed E-state index contributed by atoms with van der Waals surface area (Å²) in [6.45, 7) is 1.24. The Labute approximate surface area is 120 Å². The van der Waals surface area contributed by atoms with Crippen LogP contribution in [0.2, 0.25) is 0 Å². The third-order valence-corrected chi connectivity index (χ3v) is 3.43. The number of epoxide rings is 1. The fourth-order valence-electron chi connectivity index (χ4n) is 2.32. The molecule has 1 aromatic carbocycles. The Bertz CT molecular complexity index is 718. The number of amides is 1. The fourth-order valence-corrected chi connectivity index (χ4v) is 2.32. The van der Waals surface area contributed by atoms with E-state index < -0.39 is 0 Å². The van der Waals surface area contributed by atoms with Gasteiger partial charge in [-0.15, -0.1) is 0 Å². The Hall–Kier alpha value is -2.60. The minimum atomic E-state index is -0.140. The van der Waals surface area contributed by atoms with E-state index in [9.17, 15) is 4.79 Å². The first-order chi connectivity index (χ1) is 10.3. The number of fused-ring (bicyclic) bond motifs is 1. The number of imidazole rings is 1. The highest BCUT2D eigenvalue weighted by Gasteiger charge is 2.29. The zero-order chi connectivity index (χ0) is 14.2. The molecule has 2 aliphatic rings. The van der Waals surface area contributed by atoms with E-state index in [1.165, 1.54) is 0 Å². The van der Waals surface area contributed by atoms with Gasteiger partial charge in [-0.2, -0.15) is 0 Å². The van der Waals surface area contributed by atoms with E-state index in [4.69, 9.17) is 9.47 Å². The van der Waals surface area contributed by atoms with Crippen LogP contribution < -0.4 is 10.1 Å². The monoisotopic (exact) mass is 283 g/mol. The second-order valence-corrected chi connectivity index (χ2v) is 4.96. The van der Waals surface area contributed by atoms with Gasteiger partial charge in [0.15, 0.2) is 0 Å². The molecule has 0 aliphatic carbocycles. The van der Waals surface area contributed by atoms with Crippen molar-refractivity contribution >= 4 is 23.2 Å². The molecular formula is C15H13N3O3. The van der Waals surface area contributed by atoms with Gasteiger partial charge in [0.25, 0.3) is 5.91 Å². The SMILES string of the molecule is O=C1Nc2cccc(OCC3CO3)c2C1=Cc1cnc[nH]1. The summed E-state index contributed by atoms with van der Waals surface area (Å²) in [6.07, 6.45) is 5.19. The summed E-state index contributed by atoms with van der Waals surface area (Å²) < 4.78 is 10.9. The van der Waals surface area contributed by atoms with E-state index in [1.807, 2.05) is 18.2 Å². The molecule has 0 radical (unpaired) electrons. The molecule has 2 aromatic rings. The highest BCUT2D eigenvalue weighted by molar-refractivity contribution is 6.35. The second-order valence-electron chi connectivity index (χ2n) is 4.96. The molecule has 1 amide bonds. The normalized spacial score (nSPS) is 21.2. The lowest BCUT2D eigenvalue weighted by atomic mass is 10.0. The number of carbonyl (C=O) groups excluding carboxylic acids is 1. The topological polar surface area (TPSA) is 79.5 Å². The molecule has 6 heteroatoms. The number of hydrogen-bond acceptors (Lipinski definition) is 4. The predicted octanol–water partition coefficient (Wildman–Crippen LogP) is 1.68. The van der Waals surface area contributed by atoms with Crippen LogP contribution in [0.5, 0.6) is 5.75 Å². The average molecular weight is 283 g/mol. The van der Waals surface area contributed by atoms with Crippen LogP contribution in [0.15, 0.2) is 30.7 Å². The Kier molecular flexibility index (Phi) is 2.75. The van der Waals surface area contributed by atoms with Crippen molar-refractivity contribution < 1.29 is 14.3 Å². The highest BCUT2D eigenvalue weighted by Crippen LogP contribution is 2.39. The molecule has 3 heterocycles. The number of hydrogen-bond donors (Lipinski definition) is 2. The van der Waals surface area contributed by atoms with Crippen molar-refractivity contribution in [2.24, 2.45) is 0 Å². The summed E-state index contributed by atoms with van der Waals surface area (Å²) in [7, 11) is 0. The van der Waals surface area contributed by atoms with Crippen molar-refractivity contribution in [2.75, 3.05) is 18.5 Å². The highest BCUT2D eigenvalue weighted by atomic mass is 16.6. The van der Waals surface area contributed by atoms with E-state index in [1.54, 1.807) is 18.6 Å². The first-order valence-electron chi connectivity index (χ1n) is 6.70. The molecule has 0 saturated carbocycles. The molecule has 6 nitrogen and oxygen atoms in total. The minimum Gasteiger partial charge on any atom is -0.490 e. The molecule has 21 heavy (non-hydrogen) atoms. The van der Waals surface area contributed by atoms with Gasteiger partial charge >= 0.3 is 0 Å². The molecule has 1 aromatic heterocycles. The number of nitrogens with one attached hydrogen (secondary N) is 2. The number of carbonyl (C=O) groups is 1. The Balaban J connectivity index is 1.73. The van der Waals surface area contributed by atoms with Crippen LogP contribution in [0.3, 0.4) is 0 Å². The van der Waals surface area contributed by atoms with Gasteiger partial charge in [-0.25, -0.2) is 4.98 Å². The summed E-state index contributed by atoms with van der Waals surface area (Å²) in [5.74, 6) is 0.547. The molecule has 2 N–H and O–H groups in total. The van der Waals surface area contributed by atoms with Crippen LogP contribution in [-0.2, 0) is 9.53 Å². The molecule has 1 fully saturated rings. The number of aromatic nitrogens is 2. The van der Waals surface area contributed by atoms with Gasteiger partial charge in [0.05, 0.1) is 41.6 Å². The summed E-state index contributed by atoms with van der Waals surface area (Å²) in [5.41, 5.74) is 2.90. The lowest BCUT2D eigenvalue weighted by Gasteiger charge is -2.09. The molecular weight excluding hydrogens is 270 g/mol. The van der Waals surface area contributed by atoms with Crippen LogP contribution >= 0.6 is 0 Å². The van der Waals surface area contributed by atoms with Crippen LogP contribution in [-0.4, -0.2) is 35.2 Å². The van der Waals surface area contributed by atoms with Crippen molar-refractivity contribution in [1.29, 1.82) is 0 Å². The van der Waals surface area contributed by atoms with Crippen molar-refractivity contribution in [3.8, 4) is 5.75 Å². The lowest BCUT2D eigenvalue weighted by molar-refractivity contribution is -0.110. The van der Waals surface area contributed by atoms with Crippen molar-refractivity contribution in [1.82, 2.24) is 9.97 Å². The van der Waals surface area contributed by atoms with Crippen molar-refractivity contribution in [2.45, 2.75) is 6.10 Å². The van der Waals surface area contributed by atoms with Gasteiger partial charge in [0.2, 0.25) is 0 Å². The summed E-state index contributed by atoms with van der Waals surface area (Å²) in [5, 5.41) is 2.85. The van der Waals surface area contributed by atoms with Crippen LogP contribution in [0.4, 0.5) is 5.69 Å². The molecule has 2 aliphatic heterocycles. The number of anilines is 1. The number of rotatable bonds is 4. The standard InChI is InChI=1S/C15H13N3O3/c19-15-11(4-9-5-16-8-17-9)14-12(18-15)2-1-3-13(14)21-7-10-6-20-10/h1-5,8,10H,6-7H2,(H,16,17)(H,18,19). The first-order valence-corrected chi connectivity index (χ1v) is 6.70.